The number of benzene rings is 1. The highest BCUT2D eigenvalue weighted by molar-refractivity contribution is 5.26. The quantitative estimate of drug-likeness (QED) is 0.775. The smallest absolute Gasteiger partial charge is 0.0340 e. The standard InChI is InChI=1S/C14H23N/c1-5-7-12-8-6-9-13(10-12)14(15-4)11(2)3/h6,8-11,14-15H,5,7H2,1-4H3. The molecular formula is C14H23N. The molecule has 1 aromatic carbocycles. The van der Waals surface area contributed by atoms with Crippen LogP contribution >= 0.6 is 0 Å². The van der Waals surface area contributed by atoms with Crippen molar-refractivity contribution in [2.45, 2.75) is 39.7 Å². The Morgan fingerprint density at radius 2 is 2.00 bits per heavy atom. The Bertz CT molecular complexity index is 291. The van der Waals surface area contributed by atoms with E-state index in [1.165, 1.54) is 24.0 Å². The van der Waals surface area contributed by atoms with Gasteiger partial charge in [0.1, 0.15) is 0 Å². The van der Waals surface area contributed by atoms with Gasteiger partial charge in [-0.1, -0.05) is 51.5 Å². The molecule has 0 amide bonds. The molecule has 0 spiro atoms. The number of hydrogen-bond acceptors (Lipinski definition) is 1. The molecule has 0 fully saturated rings. The predicted molar refractivity (Wildman–Crippen MR) is 67.1 cm³/mol. The maximum atomic E-state index is 3.39. The van der Waals surface area contributed by atoms with E-state index in [-0.39, 0.29) is 0 Å². The molecule has 84 valence electrons. The van der Waals surface area contributed by atoms with Crippen LogP contribution < -0.4 is 5.32 Å². The molecule has 15 heavy (non-hydrogen) atoms. The van der Waals surface area contributed by atoms with E-state index < -0.39 is 0 Å². The van der Waals surface area contributed by atoms with E-state index in [2.05, 4.69) is 50.4 Å². The van der Waals surface area contributed by atoms with Gasteiger partial charge in [-0.2, -0.15) is 0 Å². The first-order chi connectivity index (χ1) is 7.19. The lowest BCUT2D eigenvalue weighted by Crippen LogP contribution is -2.21. The summed E-state index contributed by atoms with van der Waals surface area (Å²) in [6, 6.07) is 9.43. The SMILES string of the molecule is CCCc1cccc(C(NC)C(C)C)c1. The average Bonchev–Trinajstić information content (AvgIpc) is 2.19. The van der Waals surface area contributed by atoms with E-state index in [9.17, 15) is 0 Å². The zero-order valence-electron chi connectivity index (χ0n) is 10.4. The van der Waals surface area contributed by atoms with Gasteiger partial charge in [-0.05, 0) is 30.5 Å². The maximum absolute atomic E-state index is 3.39. The first-order valence-electron chi connectivity index (χ1n) is 5.95. The Labute approximate surface area is 93.9 Å². The Morgan fingerprint density at radius 1 is 1.27 bits per heavy atom. The van der Waals surface area contributed by atoms with Crippen molar-refractivity contribution in [3.8, 4) is 0 Å². The van der Waals surface area contributed by atoms with Crippen LogP contribution in [0.1, 0.15) is 44.4 Å². The number of nitrogens with one attached hydrogen (secondary N) is 1. The molecule has 0 aromatic heterocycles. The Morgan fingerprint density at radius 3 is 2.53 bits per heavy atom. The molecule has 0 saturated carbocycles. The number of rotatable bonds is 5. The molecule has 0 aliphatic heterocycles. The van der Waals surface area contributed by atoms with Gasteiger partial charge in [0.25, 0.3) is 0 Å². The van der Waals surface area contributed by atoms with Crippen LogP contribution in [0.4, 0.5) is 0 Å². The lowest BCUT2D eigenvalue weighted by molar-refractivity contribution is 0.443. The second-order valence-electron chi connectivity index (χ2n) is 4.51. The number of hydrogen-bond donors (Lipinski definition) is 1. The van der Waals surface area contributed by atoms with Crippen molar-refractivity contribution in [2.24, 2.45) is 5.92 Å². The summed E-state index contributed by atoms with van der Waals surface area (Å²) in [5, 5.41) is 3.39. The van der Waals surface area contributed by atoms with E-state index in [1.54, 1.807) is 0 Å². The highest BCUT2D eigenvalue weighted by atomic mass is 14.9. The fraction of sp³-hybridized carbons (Fsp3) is 0.571. The molecule has 1 nitrogen and oxygen atoms in total. The second-order valence-corrected chi connectivity index (χ2v) is 4.51. The summed E-state index contributed by atoms with van der Waals surface area (Å²) in [5.41, 5.74) is 2.87. The van der Waals surface area contributed by atoms with Crippen LogP contribution in [0.2, 0.25) is 0 Å². The Balaban J connectivity index is 2.87. The average molecular weight is 205 g/mol. The topological polar surface area (TPSA) is 12.0 Å². The summed E-state index contributed by atoms with van der Waals surface area (Å²) in [4.78, 5) is 0. The van der Waals surface area contributed by atoms with Crippen molar-refractivity contribution in [3.05, 3.63) is 35.4 Å². The van der Waals surface area contributed by atoms with Gasteiger partial charge >= 0.3 is 0 Å². The zero-order valence-corrected chi connectivity index (χ0v) is 10.4. The summed E-state index contributed by atoms with van der Waals surface area (Å²) in [6.07, 6.45) is 2.40. The minimum absolute atomic E-state index is 0.474. The molecule has 1 rings (SSSR count). The maximum Gasteiger partial charge on any atom is 0.0340 e. The third kappa shape index (κ3) is 3.35. The van der Waals surface area contributed by atoms with Crippen LogP contribution in [-0.2, 0) is 6.42 Å². The molecule has 1 N–H and O–H groups in total. The van der Waals surface area contributed by atoms with Crippen molar-refractivity contribution in [3.63, 3.8) is 0 Å². The van der Waals surface area contributed by atoms with Crippen LogP contribution in [0.5, 0.6) is 0 Å². The fourth-order valence-electron chi connectivity index (χ4n) is 2.12. The lowest BCUT2D eigenvalue weighted by atomic mass is 9.94. The lowest BCUT2D eigenvalue weighted by Gasteiger charge is -2.21. The van der Waals surface area contributed by atoms with Gasteiger partial charge in [0.2, 0.25) is 0 Å². The first kappa shape index (κ1) is 12.3. The summed E-state index contributed by atoms with van der Waals surface area (Å²) < 4.78 is 0. The van der Waals surface area contributed by atoms with E-state index >= 15 is 0 Å². The molecule has 0 bridgehead atoms. The summed E-state index contributed by atoms with van der Waals surface area (Å²) in [5.74, 6) is 0.631. The number of aryl methyl sites for hydroxylation is 1. The van der Waals surface area contributed by atoms with Gasteiger partial charge in [-0.3, -0.25) is 0 Å². The molecule has 0 heterocycles. The van der Waals surface area contributed by atoms with Crippen LogP contribution in [0.25, 0.3) is 0 Å². The molecule has 0 aliphatic rings. The van der Waals surface area contributed by atoms with Crippen molar-refractivity contribution < 1.29 is 0 Å². The normalized spacial score (nSPS) is 13.1. The molecule has 0 saturated heterocycles. The predicted octanol–water partition coefficient (Wildman–Crippen LogP) is 3.56. The van der Waals surface area contributed by atoms with E-state index in [4.69, 9.17) is 0 Å². The van der Waals surface area contributed by atoms with Gasteiger partial charge in [0.15, 0.2) is 0 Å². The van der Waals surface area contributed by atoms with E-state index in [1.807, 2.05) is 7.05 Å². The molecule has 1 aromatic rings. The van der Waals surface area contributed by atoms with Crippen LogP contribution in [0, 0.1) is 5.92 Å². The van der Waals surface area contributed by atoms with Gasteiger partial charge < -0.3 is 5.32 Å². The van der Waals surface area contributed by atoms with Crippen LogP contribution in [0.3, 0.4) is 0 Å². The van der Waals surface area contributed by atoms with Gasteiger partial charge in [0.05, 0.1) is 0 Å². The third-order valence-corrected chi connectivity index (χ3v) is 2.83. The first-order valence-corrected chi connectivity index (χ1v) is 5.95. The monoisotopic (exact) mass is 205 g/mol. The molecule has 0 aliphatic carbocycles. The van der Waals surface area contributed by atoms with Gasteiger partial charge in [-0.25, -0.2) is 0 Å². The summed E-state index contributed by atoms with van der Waals surface area (Å²) >= 11 is 0. The zero-order chi connectivity index (χ0) is 11.3. The largest absolute Gasteiger partial charge is 0.313 e. The molecular weight excluding hydrogens is 182 g/mol. The highest BCUT2D eigenvalue weighted by Gasteiger charge is 2.13. The fourth-order valence-corrected chi connectivity index (χ4v) is 2.12. The summed E-state index contributed by atoms with van der Waals surface area (Å²) in [7, 11) is 2.04. The van der Waals surface area contributed by atoms with Gasteiger partial charge in [0, 0.05) is 6.04 Å². The highest BCUT2D eigenvalue weighted by Crippen LogP contribution is 2.22. The minimum Gasteiger partial charge on any atom is -0.313 e. The second kappa shape index (κ2) is 5.92. The summed E-state index contributed by atoms with van der Waals surface area (Å²) in [6.45, 7) is 6.74. The third-order valence-electron chi connectivity index (χ3n) is 2.83. The van der Waals surface area contributed by atoms with E-state index in [0.717, 1.165) is 0 Å². The molecule has 1 heteroatoms. The Hall–Kier alpha value is -0.820. The van der Waals surface area contributed by atoms with Crippen molar-refractivity contribution in [1.29, 1.82) is 0 Å². The van der Waals surface area contributed by atoms with Crippen LogP contribution in [0.15, 0.2) is 24.3 Å². The van der Waals surface area contributed by atoms with Gasteiger partial charge in [-0.15, -0.1) is 0 Å². The minimum atomic E-state index is 0.474. The Kier molecular flexibility index (Phi) is 4.83. The molecule has 0 radical (unpaired) electrons. The molecule has 1 unspecified atom stereocenters. The van der Waals surface area contributed by atoms with E-state index in [0.29, 0.717) is 12.0 Å². The van der Waals surface area contributed by atoms with Crippen LogP contribution in [-0.4, -0.2) is 7.05 Å². The van der Waals surface area contributed by atoms with Crippen molar-refractivity contribution >= 4 is 0 Å². The van der Waals surface area contributed by atoms with Crippen molar-refractivity contribution in [1.82, 2.24) is 5.32 Å². The van der Waals surface area contributed by atoms with Crippen molar-refractivity contribution in [2.75, 3.05) is 7.05 Å². The molecule has 1 atom stereocenters.